The molecule has 1 N–H and O–H groups in total. The predicted molar refractivity (Wildman–Crippen MR) is 90.7 cm³/mol. The maximum Gasteiger partial charge on any atom is 0.0107 e. The monoisotopic (exact) mass is 291 g/mol. The van der Waals surface area contributed by atoms with Gasteiger partial charge < -0.3 is 5.32 Å². The molecule has 1 heterocycles. The maximum absolute atomic E-state index is 3.65. The van der Waals surface area contributed by atoms with Gasteiger partial charge in [-0.05, 0) is 48.8 Å². The van der Waals surface area contributed by atoms with E-state index in [1.54, 1.807) is 5.56 Å². The van der Waals surface area contributed by atoms with Crippen LogP contribution in [0.5, 0.6) is 0 Å². The Morgan fingerprint density at radius 1 is 1.25 bits per heavy atom. The number of benzene rings is 1. The van der Waals surface area contributed by atoms with Crippen LogP contribution in [0.3, 0.4) is 0 Å². The van der Waals surface area contributed by atoms with Crippen molar-refractivity contribution in [1.29, 1.82) is 0 Å². The summed E-state index contributed by atoms with van der Waals surface area (Å²) in [6.45, 7) is 9.35. The van der Waals surface area contributed by atoms with Crippen molar-refractivity contribution in [3.8, 4) is 0 Å². The second-order valence-corrected chi connectivity index (χ2v) is 7.55. The van der Waals surface area contributed by atoms with E-state index >= 15 is 0 Å². The molecule has 2 atom stereocenters. The first-order valence-electron chi connectivity index (χ1n) is 8.11. The zero-order chi connectivity index (χ0) is 14.4. The molecule has 2 unspecified atom stereocenters. The van der Waals surface area contributed by atoms with Crippen LogP contribution in [-0.2, 0) is 0 Å². The van der Waals surface area contributed by atoms with Gasteiger partial charge >= 0.3 is 0 Å². The van der Waals surface area contributed by atoms with Gasteiger partial charge in [-0.1, -0.05) is 45.4 Å². The van der Waals surface area contributed by atoms with Gasteiger partial charge in [0, 0.05) is 17.2 Å². The van der Waals surface area contributed by atoms with Gasteiger partial charge in [0.05, 0.1) is 0 Å². The van der Waals surface area contributed by atoms with Crippen molar-refractivity contribution in [3.63, 3.8) is 0 Å². The first kappa shape index (κ1) is 15.9. The van der Waals surface area contributed by atoms with Crippen LogP contribution >= 0.6 is 11.8 Å². The van der Waals surface area contributed by atoms with Crippen molar-refractivity contribution in [3.05, 3.63) is 29.8 Å². The SMILES string of the molecule is CCCNCC(C)(CCC)CC1CSc2ccccc21. The highest BCUT2D eigenvalue weighted by atomic mass is 32.2. The van der Waals surface area contributed by atoms with Crippen molar-refractivity contribution < 1.29 is 0 Å². The van der Waals surface area contributed by atoms with Crippen LogP contribution in [-0.4, -0.2) is 18.8 Å². The summed E-state index contributed by atoms with van der Waals surface area (Å²) in [6.07, 6.45) is 5.16. The topological polar surface area (TPSA) is 12.0 Å². The van der Waals surface area contributed by atoms with Gasteiger partial charge in [0.2, 0.25) is 0 Å². The molecule has 0 spiro atoms. The maximum atomic E-state index is 3.65. The summed E-state index contributed by atoms with van der Waals surface area (Å²) in [5, 5.41) is 3.65. The molecule has 0 aromatic heterocycles. The number of thioether (sulfide) groups is 1. The second kappa shape index (κ2) is 7.51. The average Bonchev–Trinajstić information content (AvgIpc) is 2.83. The second-order valence-electron chi connectivity index (χ2n) is 6.49. The van der Waals surface area contributed by atoms with Gasteiger partial charge in [0.1, 0.15) is 0 Å². The van der Waals surface area contributed by atoms with Gasteiger partial charge in [-0.25, -0.2) is 0 Å². The molecular weight excluding hydrogens is 262 g/mol. The number of rotatable bonds is 8. The van der Waals surface area contributed by atoms with Gasteiger partial charge in [-0.15, -0.1) is 11.8 Å². The van der Waals surface area contributed by atoms with E-state index in [0.717, 1.165) is 19.0 Å². The van der Waals surface area contributed by atoms with E-state index < -0.39 is 0 Å². The Kier molecular flexibility index (Phi) is 5.98. The van der Waals surface area contributed by atoms with Crippen LogP contribution in [0.4, 0.5) is 0 Å². The van der Waals surface area contributed by atoms with Crippen molar-refractivity contribution in [2.24, 2.45) is 5.41 Å². The predicted octanol–water partition coefficient (Wildman–Crippen LogP) is 5.07. The molecular formula is C18H29NS. The van der Waals surface area contributed by atoms with Crippen molar-refractivity contribution >= 4 is 11.8 Å². The molecule has 1 nitrogen and oxygen atoms in total. The molecule has 20 heavy (non-hydrogen) atoms. The molecule has 1 aromatic rings. The summed E-state index contributed by atoms with van der Waals surface area (Å²) < 4.78 is 0. The van der Waals surface area contributed by atoms with Crippen LogP contribution in [0.2, 0.25) is 0 Å². The molecule has 1 aliphatic heterocycles. The average molecular weight is 292 g/mol. The molecule has 0 fully saturated rings. The quantitative estimate of drug-likeness (QED) is 0.671. The molecule has 112 valence electrons. The Hall–Kier alpha value is -0.470. The number of hydrogen-bond donors (Lipinski definition) is 1. The molecule has 0 aliphatic carbocycles. The third-order valence-electron chi connectivity index (χ3n) is 4.37. The van der Waals surface area contributed by atoms with Gasteiger partial charge in [-0.3, -0.25) is 0 Å². The number of fused-ring (bicyclic) bond motifs is 1. The summed E-state index contributed by atoms with van der Waals surface area (Å²) >= 11 is 2.04. The first-order chi connectivity index (χ1) is 9.68. The molecule has 1 aromatic carbocycles. The van der Waals surface area contributed by atoms with Crippen molar-refractivity contribution in [2.45, 2.75) is 57.3 Å². The summed E-state index contributed by atoms with van der Waals surface area (Å²) in [4.78, 5) is 1.51. The Labute approximate surface area is 128 Å². The minimum Gasteiger partial charge on any atom is -0.316 e. The Morgan fingerprint density at radius 2 is 2.05 bits per heavy atom. The van der Waals surface area contributed by atoms with Crippen LogP contribution in [0.1, 0.15) is 57.9 Å². The first-order valence-corrected chi connectivity index (χ1v) is 9.09. The lowest BCUT2D eigenvalue weighted by Crippen LogP contribution is -2.33. The zero-order valence-corrected chi connectivity index (χ0v) is 14.1. The molecule has 1 aliphatic rings. The fourth-order valence-corrected chi connectivity index (χ4v) is 4.68. The highest BCUT2D eigenvalue weighted by Crippen LogP contribution is 2.45. The Bertz CT molecular complexity index is 418. The molecule has 2 heteroatoms. The van der Waals surface area contributed by atoms with E-state index in [-0.39, 0.29) is 0 Å². The largest absolute Gasteiger partial charge is 0.316 e. The van der Waals surface area contributed by atoms with E-state index in [4.69, 9.17) is 0 Å². The molecule has 0 bridgehead atoms. The smallest absolute Gasteiger partial charge is 0.0107 e. The van der Waals surface area contributed by atoms with E-state index in [2.05, 4.69) is 50.4 Å². The lowest BCUT2D eigenvalue weighted by Gasteiger charge is -2.32. The third kappa shape index (κ3) is 4.02. The van der Waals surface area contributed by atoms with Crippen LogP contribution in [0, 0.1) is 5.41 Å². The molecule has 2 rings (SSSR count). The molecule has 0 radical (unpaired) electrons. The zero-order valence-electron chi connectivity index (χ0n) is 13.2. The van der Waals surface area contributed by atoms with Crippen molar-refractivity contribution in [1.82, 2.24) is 5.32 Å². The highest BCUT2D eigenvalue weighted by Gasteiger charge is 2.31. The summed E-state index contributed by atoms with van der Waals surface area (Å²) in [5.74, 6) is 2.02. The van der Waals surface area contributed by atoms with E-state index in [9.17, 15) is 0 Å². The number of nitrogens with one attached hydrogen (secondary N) is 1. The summed E-state index contributed by atoms with van der Waals surface area (Å²) in [7, 11) is 0. The molecule has 0 amide bonds. The molecule has 0 saturated heterocycles. The summed E-state index contributed by atoms with van der Waals surface area (Å²) in [6, 6.07) is 8.99. The minimum absolute atomic E-state index is 0.437. The van der Waals surface area contributed by atoms with Crippen LogP contribution in [0.15, 0.2) is 29.2 Å². The third-order valence-corrected chi connectivity index (χ3v) is 5.62. The van der Waals surface area contributed by atoms with Gasteiger partial charge in [0.15, 0.2) is 0 Å². The Morgan fingerprint density at radius 3 is 2.80 bits per heavy atom. The highest BCUT2D eigenvalue weighted by molar-refractivity contribution is 7.99. The van der Waals surface area contributed by atoms with E-state index in [1.807, 2.05) is 11.8 Å². The van der Waals surface area contributed by atoms with E-state index in [0.29, 0.717) is 5.41 Å². The fourth-order valence-electron chi connectivity index (χ4n) is 3.43. The lowest BCUT2D eigenvalue weighted by molar-refractivity contribution is 0.241. The normalized spacial score (nSPS) is 20.6. The molecule has 0 saturated carbocycles. The lowest BCUT2D eigenvalue weighted by atomic mass is 9.76. The fraction of sp³-hybridized carbons (Fsp3) is 0.667. The van der Waals surface area contributed by atoms with Crippen molar-refractivity contribution in [2.75, 3.05) is 18.8 Å². The van der Waals surface area contributed by atoms with Crippen LogP contribution in [0.25, 0.3) is 0 Å². The summed E-state index contributed by atoms with van der Waals surface area (Å²) in [5.41, 5.74) is 2.03. The Balaban J connectivity index is 2.01. The number of hydrogen-bond acceptors (Lipinski definition) is 2. The van der Waals surface area contributed by atoms with E-state index in [1.165, 1.54) is 36.3 Å². The van der Waals surface area contributed by atoms with Gasteiger partial charge in [-0.2, -0.15) is 0 Å². The minimum atomic E-state index is 0.437. The van der Waals surface area contributed by atoms with Crippen LogP contribution < -0.4 is 5.32 Å². The van der Waals surface area contributed by atoms with Gasteiger partial charge in [0.25, 0.3) is 0 Å². The standard InChI is InChI=1S/C18H29NS/c1-4-10-18(3,14-19-11-5-2)12-15-13-20-17-9-7-6-8-16(15)17/h6-9,15,19H,4-5,10-14H2,1-3H3.